The topological polar surface area (TPSA) is 51.2 Å². The van der Waals surface area contributed by atoms with E-state index in [0.717, 1.165) is 10.2 Å². The van der Waals surface area contributed by atoms with Crippen molar-refractivity contribution in [1.29, 1.82) is 0 Å². The number of halogens is 1. The van der Waals surface area contributed by atoms with Crippen molar-refractivity contribution in [3.63, 3.8) is 0 Å². The van der Waals surface area contributed by atoms with Crippen molar-refractivity contribution in [3.8, 4) is 10.9 Å². The Morgan fingerprint density at radius 2 is 1.82 bits per heavy atom. The van der Waals surface area contributed by atoms with Crippen LogP contribution in [0.2, 0.25) is 0 Å². The van der Waals surface area contributed by atoms with Crippen molar-refractivity contribution in [3.05, 3.63) is 70.1 Å². The maximum atomic E-state index is 12.2. The van der Waals surface area contributed by atoms with Gasteiger partial charge in [-0.3, -0.25) is 4.79 Å². The Kier molecular flexibility index (Phi) is 4.50. The number of ether oxygens (including phenoxy) is 1. The second-order valence-corrected chi connectivity index (χ2v) is 6.16. The van der Waals surface area contributed by atoms with Crippen molar-refractivity contribution < 1.29 is 9.53 Å². The van der Waals surface area contributed by atoms with E-state index in [0.29, 0.717) is 16.5 Å². The summed E-state index contributed by atoms with van der Waals surface area (Å²) in [6, 6.07) is 14.4. The molecule has 0 aliphatic carbocycles. The van der Waals surface area contributed by atoms with Gasteiger partial charge in [-0.25, -0.2) is 4.98 Å². The van der Waals surface area contributed by atoms with E-state index in [4.69, 9.17) is 4.74 Å². The van der Waals surface area contributed by atoms with Crippen LogP contribution in [0.15, 0.2) is 64.6 Å². The molecule has 1 aromatic heterocycles. The highest BCUT2D eigenvalue weighted by Crippen LogP contribution is 2.23. The van der Waals surface area contributed by atoms with Crippen LogP contribution in [-0.4, -0.2) is 10.9 Å². The fourth-order valence-corrected chi connectivity index (χ4v) is 2.54. The van der Waals surface area contributed by atoms with Gasteiger partial charge < -0.3 is 10.1 Å². The third-order valence-corrected chi connectivity index (χ3v) is 4.01. The standard InChI is InChI=1S/C16H11BrN2O2S/c17-12-3-5-13(6-4-12)19-15(20)11-1-7-14(8-2-11)21-16-18-9-10-22-16/h1-10H,(H,19,20). The number of hydrogen-bond donors (Lipinski definition) is 1. The molecule has 22 heavy (non-hydrogen) atoms. The number of carbonyl (C=O) groups is 1. The Morgan fingerprint density at radius 3 is 2.45 bits per heavy atom. The Balaban J connectivity index is 1.66. The van der Waals surface area contributed by atoms with Gasteiger partial charge in [0.05, 0.1) is 0 Å². The first-order valence-electron chi connectivity index (χ1n) is 6.45. The average molecular weight is 375 g/mol. The number of rotatable bonds is 4. The molecule has 0 saturated carbocycles. The van der Waals surface area contributed by atoms with Crippen LogP contribution in [0.3, 0.4) is 0 Å². The van der Waals surface area contributed by atoms with Gasteiger partial charge in [0.2, 0.25) is 0 Å². The van der Waals surface area contributed by atoms with Crippen molar-refractivity contribution in [2.45, 2.75) is 0 Å². The van der Waals surface area contributed by atoms with E-state index in [1.807, 2.05) is 29.6 Å². The highest BCUT2D eigenvalue weighted by molar-refractivity contribution is 9.10. The molecule has 1 amide bonds. The van der Waals surface area contributed by atoms with E-state index in [1.165, 1.54) is 11.3 Å². The summed E-state index contributed by atoms with van der Waals surface area (Å²) in [5.41, 5.74) is 1.31. The summed E-state index contributed by atoms with van der Waals surface area (Å²) >= 11 is 4.77. The predicted octanol–water partition coefficient (Wildman–Crippen LogP) is 4.95. The normalized spacial score (nSPS) is 10.2. The minimum atomic E-state index is -0.164. The molecule has 4 nitrogen and oxygen atoms in total. The van der Waals surface area contributed by atoms with Gasteiger partial charge in [0.15, 0.2) is 0 Å². The van der Waals surface area contributed by atoms with Gasteiger partial charge in [0, 0.05) is 27.3 Å². The van der Waals surface area contributed by atoms with E-state index in [9.17, 15) is 4.79 Å². The molecule has 1 N–H and O–H groups in total. The third-order valence-electron chi connectivity index (χ3n) is 2.83. The Bertz CT molecular complexity index is 756. The van der Waals surface area contributed by atoms with E-state index in [2.05, 4.69) is 26.2 Å². The molecule has 0 unspecified atom stereocenters. The molecule has 1 heterocycles. The van der Waals surface area contributed by atoms with E-state index < -0.39 is 0 Å². The number of benzene rings is 2. The lowest BCUT2D eigenvalue weighted by atomic mass is 10.2. The van der Waals surface area contributed by atoms with Crippen molar-refractivity contribution >= 4 is 38.9 Å². The lowest BCUT2D eigenvalue weighted by Crippen LogP contribution is -2.11. The van der Waals surface area contributed by atoms with Crippen LogP contribution in [0.1, 0.15) is 10.4 Å². The van der Waals surface area contributed by atoms with Gasteiger partial charge in [0.1, 0.15) is 5.75 Å². The zero-order valence-corrected chi connectivity index (χ0v) is 13.7. The number of nitrogens with one attached hydrogen (secondary N) is 1. The molecule has 2 aromatic carbocycles. The monoisotopic (exact) mass is 374 g/mol. The molecule has 3 rings (SSSR count). The summed E-state index contributed by atoms with van der Waals surface area (Å²) in [6.07, 6.45) is 1.68. The second kappa shape index (κ2) is 6.72. The molecule has 0 aliphatic rings. The molecule has 0 radical (unpaired) electrons. The van der Waals surface area contributed by atoms with Crippen molar-refractivity contribution in [2.75, 3.05) is 5.32 Å². The maximum Gasteiger partial charge on any atom is 0.278 e. The van der Waals surface area contributed by atoms with Crippen LogP contribution in [0.4, 0.5) is 5.69 Å². The molecular weight excluding hydrogens is 364 g/mol. The summed E-state index contributed by atoms with van der Waals surface area (Å²) in [5.74, 6) is 0.485. The van der Waals surface area contributed by atoms with E-state index in [-0.39, 0.29) is 5.91 Å². The number of carbonyl (C=O) groups excluding carboxylic acids is 1. The lowest BCUT2D eigenvalue weighted by Gasteiger charge is -2.06. The number of aromatic nitrogens is 1. The summed E-state index contributed by atoms with van der Waals surface area (Å²) < 4.78 is 6.52. The largest absolute Gasteiger partial charge is 0.431 e. The van der Waals surface area contributed by atoms with E-state index in [1.54, 1.807) is 30.5 Å². The van der Waals surface area contributed by atoms with Gasteiger partial charge in [-0.2, -0.15) is 0 Å². The van der Waals surface area contributed by atoms with Crippen molar-refractivity contribution in [2.24, 2.45) is 0 Å². The number of anilines is 1. The maximum absolute atomic E-state index is 12.2. The molecule has 0 saturated heterocycles. The fourth-order valence-electron chi connectivity index (χ4n) is 1.77. The minimum absolute atomic E-state index is 0.164. The molecule has 3 aromatic rings. The molecule has 6 heteroatoms. The van der Waals surface area contributed by atoms with Gasteiger partial charge in [0.25, 0.3) is 11.1 Å². The summed E-state index contributed by atoms with van der Waals surface area (Å²) in [5, 5.41) is 5.26. The second-order valence-electron chi connectivity index (χ2n) is 4.39. The van der Waals surface area contributed by atoms with Crippen LogP contribution < -0.4 is 10.1 Å². The predicted molar refractivity (Wildman–Crippen MR) is 90.7 cm³/mol. The lowest BCUT2D eigenvalue weighted by molar-refractivity contribution is 0.102. The number of thiazole rings is 1. The average Bonchev–Trinajstić information content (AvgIpc) is 3.03. The Morgan fingerprint density at radius 1 is 1.09 bits per heavy atom. The number of nitrogens with zero attached hydrogens (tertiary/aromatic N) is 1. The number of hydrogen-bond acceptors (Lipinski definition) is 4. The first kappa shape index (κ1) is 14.7. The van der Waals surface area contributed by atoms with Gasteiger partial charge in [-0.15, -0.1) is 0 Å². The summed E-state index contributed by atoms with van der Waals surface area (Å²) in [4.78, 5) is 16.2. The smallest absolute Gasteiger partial charge is 0.278 e. The first-order chi connectivity index (χ1) is 10.7. The fraction of sp³-hybridized carbons (Fsp3) is 0. The van der Waals surface area contributed by atoms with Gasteiger partial charge in [-0.1, -0.05) is 27.3 Å². The first-order valence-corrected chi connectivity index (χ1v) is 8.12. The molecule has 0 atom stereocenters. The zero-order valence-electron chi connectivity index (χ0n) is 11.3. The molecule has 110 valence electrons. The third kappa shape index (κ3) is 3.72. The van der Waals surface area contributed by atoms with E-state index >= 15 is 0 Å². The van der Waals surface area contributed by atoms with Crippen molar-refractivity contribution in [1.82, 2.24) is 4.98 Å². The molecule has 0 aliphatic heterocycles. The summed E-state index contributed by atoms with van der Waals surface area (Å²) in [6.45, 7) is 0. The molecule has 0 fully saturated rings. The van der Waals surface area contributed by atoms with Crippen LogP contribution in [-0.2, 0) is 0 Å². The highest BCUT2D eigenvalue weighted by Gasteiger charge is 2.07. The zero-order chi connectivity index (χ0) is 15.4. The molecule has 0 bridgehead atoms. The van der Waals surface area contributed by atoms with Crippen LogP contribution >= 0.6 is 27.3 Å². The Labute approximate surface area is 139 Å². The van der Waals surface area contributed by atoms with Gasteiger partial charge >= 0.3 is 0 Å². The highest BCUT2D eigenvalue weighted by atomic mass is 79.9. The van der Waals surface area contributed by atoms with Crippen LogP contribution in [0.25, 0.3) is 0 Å². The quantitative estimate of drug-likeness (QED) is 0.702. The molecular formula is C16H11BrN2O2S. The summed E-state index contributed by atoms with van der Waals surface area (Å²) in [7, 11) is 0. The minimum Gasteiger partial charge on any atom is -0.431 e. The van der Waals surface area contributed by atoms with Gasteiger partial charge in [-0.05, 0) is 48.5 Å². The molecule has 0 spiro atoms. The van der Waals surface area contributed by atoms with Crippen LogP contribution in [0.5, 0.6) is 10.9 Å². The Hall–Kier alpha value is -2.18. The SMILES string of the molecule is O=C(Nc1ccc(Br)cc1)c1ccc(Oc2nccs2)cc1. The number of amides is 1. The van der Waals surface area contributed by atoms with Crippen LogP contribution in [0, 0.1) is 0 Å².